The Hall–Kier alpha value is -3.58. The number of para-hydroxylation sites is 1. The van der Waals surface area contributed by atoms with E-state index in [-0.39, 0.29) is 11.5 Å². The number of fused-ring (bicyclic) bond motifs is 1. The Kier molecular flexibility index (Phi) is 5.58. The SMILES string of the molecule is N#C/C(=C\c1ccccc1OCc1cccc2ccccc12)C(=O)N1CCCC1. The van der Waals surface area contributed by atoms with E-state index in [9.17, 15) is 10.1 Å². The summed E-state index contributed by atoms with van der Waals surface area (Å²) in [5.41, 5.74) is 1.97. The van der Waals surface area contributed by atoms with Crippen LogP contribution in [0, 0.1) is 11.3 Å². The van der Waals surface area contributed by atoms with Crippen molar-refractivity contribution in [1.29, 1.82) is 5.26 Å². The molecule has 3 aromatic rings. The van der Waals surface area contributed by atoms with Gasteiger partial charge in [0.05, 0.1) is 0 Å². The molecular formula is C25H22N2O2. The summed E-state index contributed by atoms with van der Waals surface area (Å²) in [5.74, 6) is 0.455. The summed E-state index contributed by atoms with van der Waals surface area (Å²) in [5, 5.41) is 11.9. The first-order chi connectivity index (χ1) is 14.3. The fourth-order valence-electron chi connectivity index (χ4n) is 3.69. The van der Waals surface area contributed by atoms with Crippen molar-refractivity contribution >= 4 is 22.8 Å². The van der Waals surface area contributed by atoms with E-state index in [1.807, 2.05) is 42.5 Å². The number of nitriles is 1. The Morgan fingerprint density at radius 3 is 2.55 bits per heavy atom. The molecule has 1 fully saturated rings. The first-order valence-corrected chi connectivity index (χ1v) is 9.86. The van der Waals surface area contributed by atoms with Crippen molar-refractivity contribution in [2.75, 3.05) is 13.1 Å². The van der Waals surface area contributed by atoms with Gasteiger partial charge in [0.2, 0.25) is 0 Å². The van der Waals surface area contributed by atoms with Crippen LogP contribution in [-0.4, -0.2) is 23.9 Å². The minimum absolute atomic E-state index is 0.146. The van der Waals surface area contributed by atoms with Crippen molar-refractivity contribution in [2.45, 2.75) is 19.4 Å². The molecule has 4 heteroatoms. The molecule has 1 aliphatic heterocycles. The summed E-state index contributed by atoms with van der Waals surface area (Å²) in [7, 11) is 0. The van der Waals surface area contributed by atoms with E-state index in [1.165, 1.54) is 5.39 Å². The van der Waals surface area contributed by atoms with Gasteiger partial charge in [-0.3, -0.25) is 4.79 Å². The average Bonchev–Trinajstić information content (AvgIpc) is 3.31. The van der Waals surface area contributed by atoms with Gasteiger partial charge in [-0.2, -0.15) is 5.26 Å². The number of benzene rings is 3. The van der Waals surface area contributed by atoms with E-state index in [2.05, 4.69) is 30.3 Å². The lowest BCUT2D eigenvalue weighted by Crippen LogP contribution is -2.28. The van der Waals surface area contributed by atoms with Crippen LogP contribution < -0.4 is 4.74 Å². The van der Waals surface area contributed by atoms with Crippen LogP contribution in [0.15, 0.2) is 72.3 Å². The van der Waals surface area contributed by atoms with Crippen LogP contribution in [0.2, 0.25) is 0 Å². The van der Waals surface area contributed by atoms with Crippen molar-refractivity contribution in [3.05, 3.63) is 83.4 Å². The third kappa shape index (κ3) is 4.14. The van der Waals surface area contributed by atoms with Crippen molar-refractivity contribution < 1.29 is 9.53 Å². The van der Waals surface area contributed by atoms with Gasteiger partial charge in [0.25, 0.3) is 5.91 Å². The second kappa shape index (κ2) is 8.62. The Labute approximate surface area is 170 Å². The zero-order valence-corrected chi connectivity index (χ0v) is 16.2. The zero-order chi connectivity index (χ0) is 20.1. The lowest BCUT2D eigenvalue weighted by Gasteiger charge is -2.15. The van der Waals surface area contributed by atoms with Crippen LogP contribution in [0.3, 0.4) is 0 Å². The van der Waals surface area contributed by atoms with Gasteiger partial charge in [0.15, 0.2) is 0 Å². The highest BCUT2D eigenvalue weighted by molar-refractivity contribution is 6.02. The molecule has 0 saturated carbocycles. The van der Waals surface area contributed by atoms with Crippen LogP contribution in [0.25, 0.3) is 16.8 Å². The Bertz CT molecular complexity index is 1100. The fraction of sp³-hybridized carbons (Fsp3) is 0.200. The van der Waals surface area contributed by atoms with E-state index in [0.717, 1.165) is 42.4 Å². The predicted octanol–water partition coefficient (Wildman–Crippen LogP) is 4.95. The molecule has 0 aromatic heterocycles. The molecular weight excluding hydrogens is 360 g/mol. The van der Waals surface area contributed by atoms with Crippen LogP contribution in [0.5, 0.6) is 5.75 Å². The number of ether oxygens (including phenoxy) is 1. The quantitative estimate of drug-likeness (QED) is 0.463. The number of hydrogen-bond donors (Lipinski definition) is 0. The Morgan fingerprint density at radius 1 is 1.00 bits per heavy atom. The highest BCUT2D eigenvalue weighted by atomic mass is 16.5. The molecule has 1 aliphatic rings. The maximum absolute atomic E-state index is 12.6. The van der Waals surface area contributed by atoms with E-state index in [1.54, 1.807) is 11.0 Å². The number of hydrogen-bond acceptors (Lipinski definition) is 3. The maximum Gasteiger partial charge on any atom is 0.264 e. The topological polar surface area (TPSA) is 53.3 Å². The van der Waals surface area contributed by atoms with Crippen molar-refractivity contribution in [2.24, 2.45) is 0 Å². The van der Waals surface area contributed by atoms with Crippen LogP contribution in [0.4, 0.5) is 0 Å². The highest BCUT2D eigenvalue weighted by Crippen LogP contribution is 2.25. The van der Waals surface area contributed by atoms with Gasteiger partial charge in [-0.15, -0.1) is 0 Å². The number of carbonyl (C=O) groups excluding carboxylic acids is 1. The van der Waals surface area contributed by atoms with Gasteiger partial charge in [0.1, 0.15) is 24.0 Å². The lowest BCUT2D eigenvalue weighted by molar-refractivity contribution is -0.125. The summed E-state index contributed by atoms with van der Waals surface area (Å²) in [6.07, 6.45) is 3.63. The van der Waals surface area contributed by atoms with Crippen molar-refractivity contribution in [1.82, 2.24) is 4.90 Å². The van der Waals surface area contributed by atoms with Crippen LogP contribution in [-0.2, 0) is 11.4 Å². The van der Waals surface area contributed by atoms with Gasteiger partial charge in [0, 0.05) is 18.7 Å². The number of rotatable bonds is 5. The fourth-order valence-corrected chi connectivity index (χ4v) is 3.69. The zero-order valence-electron chi connectivity index (χ0n) is 16.2. The largest absolute Gasteiger partial charge is 0.488 e. The molecule has 0 aliphatic carbocycles. The number of carbonyl (C=O) groups is 1. The van der Waals surface area contributed by atoms with Crippen molar-refractivity contribution in [3.63, 3.8) is 0 Å². The molecule has 0 bridgehead atoms. The summed E-state index contributed by atoms with van der Waals surface area (Å²) in [4.78, 5) is 14.4. The van der Waals surface area contributed by atoms with E-state index in [4.69, 9.17) is 4.74 Å². The van der Waals surface area contributed by atoms with Crippen LogP contribution >= 0.6 is 0 Å². The summed E-state index contributed by atoms with van der Waals surface area (Å²) >= 11 is 0. The third-order valence-electron chi connectivity index (χ3n) is 5.23. The van der Waals surface area contributed by atoms with Crippen molar-refractivity contribution in [3.8, 4) is 11.8 Å². The molecule has 144 valence electrons. The molecule has 1 heterocycles. The first kappa shape index (κ1) is 18.8. The number of amides is 1. The predicted molar refractivity (Wildman–Crippen MR) is 114 cm³/mol. The standard InChI is InChI=1S/C25H22N2O2/c26-17-22(25(28)27-14-5-6-15-27)16-20-9-2-4-13-24(20)29-18-21-11-7-10-19-8-1-3-12-23(19)21/h1-4,7-13,16H,5-6,14-15,18H2/b22-16+. The summed E-state index contributed by atoms with van der Waals surface area (Å²) in [6.45, 7) is 1.85. The molecule has 4 rings (SSSR count). The van der Waals surface area contributed by atoms with E-state index >= 15 is 0 Å². The molecule has 3 aromatic carbocycles. The minimum atomic E-state index is -0.200. The van der Waals surface area contributed by atoms with E-state index < -0.39 is 0 Å². The second-order valence-corrected chi connectivity index (χ2v) is 7.13. The van der Waals surface area contributed by atoms with Gasteiger partial charge in [-0.25, -0.2) is 0 Å². The molecule has 29 heavy (non-hydrogen) atoms. The third-order valence-corrected chi connectivity index (χ3v) is 5.23. The smallest absolute Gasteiger partial charge is 0.264 e. The maximum atomic E-state index is 12.6. The molecule has 0 radical (unpaired) electrons. The average molecular weight is 382 g/mol. The van der Waals surface area contributed by atoms with Crippen LogP contribution in [0.1, 0.15) is 24.0 Å². The highest BCUT2D eigenvalue weighted by Gasteiger charge is 2.21. The Balaban J connectivity index is 1.58. The van der Waals surface area contributed by atoms with Gasteiger partial charge in [-0.1, -0.05) is 60.7 Å². The summed E-state index contributed by atoms with van der Waals surface area (Å²) < 4.78 is 6.10. The van der Waals surface area contributed by atoms with Gasteiger partial charge >= 0.3 is 0 Å². The molecule has 4 nitrogen and oxygen atoms in total. The lowest BCUT2D eigenvalue weighted by atomic mass is 10.1. The number of nitrogens with zero attached hydrogens (tertiary/aromatic N) is 2. The molecule has 0 unspecified atom stereocenters. The number of likely N-dealkylation sites (tertiary alicyclic amines) is 1. The molecule has 0 atom stereocenters. The molecule has 1 amide bonds. The molecule has 0 N–H and O–H groups in total. The second-order valence-electron chi connectivity index (χ2n) is 7.13. The first-order valence-electron chi connectivity index (χ1n) is 9.86. The monoisotopic (exact) mass is 382 g/mol. The molecule has 0 spiro atoms. The van der Waals surface area contributed by atoms with E-state index in [0.29, 0.717) is 12.4 Å². The van der Waals surface area contributed by atoms with Gasteiger partial charge < -0.3 is 9.64 Å². The van der Waals surface area contributed by atoms with Gasteiger partial charge in [-0.05, 0) is 41.3 Å². The Morgan fingerprint density at radius 2 is 1.72 bits per heavy atom. The minimum Gasteiger partial charge on any atom is -0.488 e. The molecule has 1 saturated heterocycles. The summed E-state index contributed by atoms with van der Waals surface area (Å²) in [6, 6.07) is 23.9. The normalized spacial score (nSPS) is 14.0.